The zero-order valence-corrected chi connectivity index (χ0v) is 17.4. The van der Waals surface area contributed by atoms with Crippen LogP contribution in [-0.4, -0.2) is 48.0 Å². The SMILES string of the molecule is CCN(Cc1cnn(CC)c1C)C(=O)c1nnn2c1C(=O)N[C@@H](c1ccccc1)C2. The van der Waals surface area contributed by atoms with Gasteiger partial charge in [-0.05, 0) is 26.3 Å². The second-order valence-corrected chi connectivity index (χ2v) is 7.30. The Balaban J connectivity index is 1.57. The van der Waals surface area contributed by atoms with Crippen LogP contribution in [0.25, 0.3) is 0 Å². The van der Waals surface area contributed by atoms with Crippen LogP contribution in [0.2, 0.25) is 0 Å². The number of amides is 2. The van der Waals surface area contributed by atoms with Crippen molar-refractivity contribution in [3.63, 3.8) is 0 Å². The molecule has 4 rings (SSSR count). The topological polar surface area (TPSA) is 97.9 Å². The van der Waals surface area contributed by atoms with Crippen molar-refractivity contribution in [1.82, 2.24) is 35.0 Å². The van der Waals surface area contributed by atoms with Gasteiger partial charge in [0.1, 0.15) is 0 Å². The van der Waals surface area contributed by atoms with Crippen LogP contribution in [-0.2, 0) is 19.6 Å². The third-order valence-electron chi connectivity index (χ3n) is 5.55. The maximum atomic E-state index is 13.2. The lowest BCUT2D eigenvalue weighted by atomic mass is 10.0. The molecule has 0 bridgehead atoms. The number of aryl methyl sites for hydroxylation is 1. The highest BCUT2D eigenvalue weighted by molar-refractivity contribution is 6.05. The van der Waals surface area contributed by atoms with E-state index in [0.29, 0.717) is 19.6 Å². The van der Waals surface area contributed by atoms with E-state index >= 15 is 0 Å². The van der Waals surface area contributed by atoms with Crippen molar-refractivity contribution in [1.29, 1.82) is 0 Å². The van der Waals surface area contributed by atoms with Gasteiger partial charge in [-0.1, -0.05) is 35.5 Å². The number of carbonyl (C=O) groups is 2. The van der Waals surface area contributed by atoms with Crippen molar-refractivity contribution in [2.45, 2.75) is 46.4 Å². The van der Waals surface area contributed by atoms with Crippen LogP contribution < -0.4 is 5.32 Å². The molecule has 0 fully saturated rings. The Hall–Kier alpha value is -3.49. The minimum atomic E-state index is -0.338. The number of nitrogens with one attached hydrogen (secondary N) is 1. The number of rotatable bonds is 6. The highest BCUT2D eigenvalue weighted by atomic mass is 16.2. The van der Waals surface area contributed by atoms with E-state index < -0.39 is 0 Å². The predicted octanol–water partition coefficient (Wildman–Crippen LogP) is 1.95. The number of hydrogen-bond donors (Lipinski definition) is 1. The minimum Gasteiger partial charge on any atom is -0.342 e. The van der Waals surface area contributed by atoms with Gasteiger partial charge >= 0.3 is 0 Å². The summed E-state index contributed by atoms with van der Waals surface area (Å²) in [6.45, 7) is 8.00. The molecule has 0 unspecified atom stereocenters. The zero-order chi connectivity index (χ0) is 21.3. The third kappa shape index (κ3) is 3.47. The van der Waals surface area contributed by atoms with E-state index in [0.717, 1.165) is 23.4 Å². The van der Waals surface area contributed by atoms with E-state index in [1.54, 1.807) is 11.1 Å². The van der Waals surface area contributed by atoms with Gasteiger partial charge in [-0.25, -0.2) is 4.68 Å². The average molecular weight is 407 g/mol. The van der Waals surface area contributed by atoms with Crippen molar-refractivity contribution in [2.24, 2.45) is 0 Å². The fraction of sp³-hybridized carbons (Fsp3) is 0.381. The maximum absolute atomic E-state index is 13.2. The largest absolute Gasteiger partial charge is 0.342 e. The summed E-state index contributed by atoms with van der Waals surface area (Å²) in [6.07, 6.45) is 1.78. The molecule has 1 atom stereocenters. The number of hydrogen-bond acceptors (Lipinski definition) is 5. The third-order valence-corrected chi connectivity index (χ3v) is 5.55. The van der Waals surface area contributed by atoms with Crippen LogP contribution in [0.4, 0.5) is 0 Å². The van der Waals surface area contributed by atoms with Crippen LogP contribution in [0, 0.1) is 6.92 Å². The molecule has 0 radical (unpaired) electrons. The molecule has 2 amide bonds. The lowest BCUT2D eigenvalue weighted by molar-refractivity contribution is 0.0736. The summed E-state index contributed by atoms with van der Waals surface area (Å²) in [4.78, 5) is 27.7. The van der Waals surface area contributed by atoms with Crippen molar-refractivity contribution in [3.05, 3.63) is 64.7 Å². The maximum Gasteiger partial charge on any atom is 0.277 e. The molecule has 1 aromatic carbocycles. The van der Waals surface area contributed by atoms with E-state index in [1.165, 1.54) is 4.68 Å². The normalized spacial score (nSPS) is 15.6. The summed E-state index contributed by atoms with van der Waals surface area (Å²) < 4.78 is 3.42. The first kappa shape index (κ1) is 19.8. The highest BCUT2D eigenvalue weighted by Crippen LogP contribution is 2.23. The summed E-state index contributed by atoms with van der Waals surface area (Å²) in [6, 6.07) is 9.48. The summed E-state index contributed by atoms with van der Waals surface area (Å²) in [5, 5.41) is 15.5. The molecule has 0 spiro atoms. The Kier molecular flexibility index (Phi) is 5.35. The molecule has 2 aromatic heterocycles. The standard InChI is InChI=1S/C21H25N7O2/c1-4-26(12-16-11-22-27(5-2)14(16)3)21(30)18-19-20(29)23-17(13-28(19)25-24-18)15-9-7-6-8-10-15/h6-11,17H,4-5,12-13H2,1-3H3,(H,23,29)/t17-/m1/s1. The number of fused-ring (bicyclic) bond motifs is 1. The Morgan fingerprint density at radius 2 is 2.03 bits per heavy atom. The molecule has 1 N–H and O–H groups in total. The summed E-state index contributed by atoms with van der Waals surface area (Å²) in [5.41, 5.74) is 3.28. The van der Waals surface area contributed by atoms with Gasteiger partial charge in [0.15, 0.2) is 11.4 Å². The van der Waals surface area contributed by atoms with Crippen molar-refractivity contribution in [3.8, 4) is 0 Å². The molecular formula is C21H25N7O2. The molecule has 9 heteroatoms. The van der Waals surface area contributed by atoms with Crippen LogP contribution in [0.5, 0.6) is 0 Å². The van der Waals surface area contributed by atoms with Crippen molar-refractivity contribution < 1.29 is 9.59 Å². The molecule has 0 saturated carbocycles. The highest BCUT2D eigenvalue weighted by Gasteiger charge is 2.34. The first-order chi connectivity index (χ1) is 14.5. The van der Waals surface area contributed by atoms with Gasteiger partial charge in [0.05, 0.1) is 18.8 Å². The van der Waals surface area contributed by atoms with Gasteiger partial charge in [-0.2, -0.15) is 5.10 Å². The molecule has 0 aliphatic carbocycles. The van der Waals surface area contributed by atoms with E-state index in [9.17, 15) is 9.59 Å². The lowest BCUT2D eigenvalue weighted by Crippen LogP contribution is -2.40. The van der Waals surface area contributed by atoms with E-state index in [4.69, 9.17) is 0 Å². The summed E-state index contributed by atoms with van der Waals surface area (Å²) >= 11 is 0. The number of benzene rings is 1. The molecule has 0 saturated heterocycles. The first-order valence-electron chi connectivity index (χ1n) is 10.1. The zero-order valence-electron chi connectivity index (χ0n) is 17.4. The predicted molar refractivity (Wildman–Crippen MR) is 110 cm³/mol. The first-order valence-corrected chi connectivity index (χ1v) is 10.1. The molecular weight excluding hydrogens is 382 g/mol. The van der Waals surface area contributed by atoms with Crippen LogP contribution in [0.3, 0.4) is 0 Å². The molecule has 1 aliphatic rings. The van der Waals surface area contributed by atoms with E-state index in [1.807, 2.05) is 55.8 Å². The monoisotopic (exact) mass is 407 g/mol. The molecule has 3 heterocycles. The van der Waals surface area contributed by atoms with Gasteiger partial charge in [-0.15, -0.1) is 5.10 Å². The van der Waals surface area contributed by atoms with Crippen molar-refractivity contribution in [2.75, 3.05) is 6.54 Å². The van der Waals surface area contributed by atoms with Crippen LogP contribution in [0.1, 0.15) is 57.7 Å². The Labute approximate surface area is 174 Å². The fourth-order valence-electron chi connectivity index (χ4n) is 3.77. The number of nitrogens with zero attached hydrogens (tertiary/aromatic N) is 6. The second kappa shape index (κ2) is 8.10. The van der Waals surface area contributed by atoms with Gasteiger partial charge in [-0.3, -0.25) is 14.3 Å². The Morgan fingerprint density at radius 1 is 1.27 bits per heavy atom. The minimum absolute atomic E-state index is 0.0846. The Bertz CT molecular complexity index is 1070. The van der Waals surface area contributed by atoms with E-state index in [-0.39, 0.29) is 29.2 Å². The van der Waals surface area contributed by atoms with Crippen LogP contribution in [0.15, 0.2) is 36.5 Å². The van der Waals surface area contributed by atoms with Gasteiger partial charge in [0, 0.05) is 30.9 Å². The quantitative estimate of drug-likeness (QED) is 0.674. The molecule has 156 valence electrons. The summed E-state index contributed by atoms with van der Waals surface area (Å²) in [7, 11) is 0. The van der Waals surface area contributed by atoms with Gasteiger partial charge in [0.25, 0.3) is 11.8 Å². The molecule has 3 aromatic rings. The number of aromatic nitrogens is 5. The molecule has 9 nitrogen and oxygen atoms in total. The molecule has 1 aliphatic heterocycles. The Morgan fingerprint density at radius 3 is 2.70 bits per heavy atom. The molecule has 30 heavy (non-hydrogen) atoms. The van der Waals surface area contributed by atoms with E-state index in [2.05, 4.69) is 20.7 Å². The lowest BCUT2D eigenvalue weighted by Gasteiger charge is -2.25. The average Bonchev–Trinajstić information content (AvgIpc) is 3.35. The fourth-order valence-corrected chi connectivity index (χ4v) is 3.77. The van der Waals surface area contributed by atoms with Crippen LogP contribution >= 0.6 is 0 Å². The number of carbonyl (C=O) groups excluding carboxylic acids is 2. The summed E-state index contributed by atoms with van der Waals surface area (Å²) in [5.74, 6) is -0.648. The second-order valence-electron chi connectivity index (χ2n) is 7.30. The van der Waals surface area contributed by atoms with Gasteiger partial charge < -0.3 is 10.2 Å². The smallest absolute Gasteiger partial charge is 0.277 e. The van der Waals surface area contributed by atoms with Gasteiger partial charge in [0.2, 0.25) is 0 Å². The van der Waals surface area contributed by atoms with Crippen molar-refractivity contribution >= 4 is 11.8 Å².